The highest BCUT2D eigenvalue weighted by atomic mass is 16.6. The smallest absolute Gasteiger partial charge is 0.322 e. The van der Waals surface area contributed by atoms with E-state index in [0.717, 1.165) is 0 Å². The monoisotopic (exact) mass is 448 g/mol. The zero-order valence-corrected chi connectivity index (χ0v) is 17.8. The zero-order chi connectivity index (χ0) is 23.2. The summed E-state index contributed by atoms with van der Waals surface area (Å²) < 4.78 is 12.7. The lowest BCUT2D eigenvalue weighted by molar-refractivity contribution is -0.123. The molecule has 1 unspecified atom stereocenters. The van der Waals surface area contributed by atoms with Crippen LogP contribution < -0.4 is 25.4 Å². The number of carbonyl (C=O) groups excluding carboxylic acids is 3. The number of aromatic nitrogens is 3. The number of carbonyl (C=O) groups is 3. The van der Waals surface area contributed by atoms with Crippen LogP contribution in [0.2, 0.25) is 0 Å². The Hall–Kier alpha value is -4.41. The van der Waals surface area contributed by atoms with Gasteiger partial charge in [-0.15, -0.1) is 5.10 Å². The second-order valence-corrected chi connectivity index (χ2v) is 7.83. The Morgan fingerprint density at radius 1 is 1.12 bits per heavy atom. The maximum absolute atomic E-state index is 12.9. The zero-order valence-electron chi connectivity index (χ0n) is 17.8. The molecular weight excluding hydrogens is 428 g/mol. The van der Waals surface area contributed by atoms with E-state index in [4.69, 9.17) is 9.47 Å². The summed E-state index contributed by atoms with van der Waals surface area (Å²) in [5.41, 5.74) is 1.11. The largest absolute Gasteiger partial charge is 0.486 e. The van der Waals surface area contributed by atoms with Gasteiger partial charge in [0.15, 0.2) is 17.2 Å². The van der Waals surface area contributed by atoms with Crippen LogP contribution in [0.4, 0.5) is 10.5 Å². The summed E-state index contributed by atoms with van der Waals surface area (Å²) in [6.45, 7) is 4.29. The van der Waals surface area contributed by atoms with Crippen LogP contribution in [0.3, 0.4) is 0 Å². The van der Waals surface area contributed by atoms with Gasteiger partial charge in [0.1, 0.15) is 18.8 Å². The van der Waals surface area contributed by atoms with Crippen molar-refractivity contribution in [2.75, 3.05) is 18.5 Å². The number of imide groups is 1. The van der Waals surface area contributed by atoms with E-state index >= 15 is 0 Å². The predicted octanol–water partition coefficient (Wildman–Crippen LogP) is 1.65. The van der Waals surface area contributed by atoms with Crippen LogP contribution >= 0.6 is 0 Å². The van der Waals surface area contributed by atoms with E-state index in [1.54, 1.807) is 54.9 Å². The lowest BCUT2D eigenvalue weighted by Gasteiger charge is -2.21. The SMILES string of the molecule is Cc1c(C(=O)Nc2cccc(C3(C)NC(=O)NC3=O)c2)nnn1-c1ccc2c(c1)OCCO2. The van der Waals surface area contributed by atoms with E-state index < -0.39 is 23.4 Å². The van der Waals surface area contributed by atoms with Gasteiger partial charge in [0.05, 0.1) is 11.4 Å². The number of benzene rings is 2. The lowest BCUT2D eigenvalue weighted by Crippen LogP contribution is -2.40. The number of hydrogen-bond donors (Lipinski definition) is 3. The van der Waals surface area contributed by atoms with Crippen molar-refractivity contribution in [1.29, 1.82) is 0 Å². The third kappa shape index (κ3) is 3.53. The Balaban J connectivity index is 1.38. The van der Waals surface area contributed by atoms with E-state index in [0.29, 0.717) is 47.3 Å². The summed E-state index contributed by atoms with van der Waals surface area (Å²) in [5.74, 6) is 0.335. The molecule has 1 aromatic heterocycles. The van der Waals surface area contributed by atoms with Gasteiger partial charge in [0.25, 0.3) is 11.8 Å². The first kappa shape index (κ1) is 20.5. The molecule has 3 N–H and O–H groups in total. The quantitative estimate of drug-likeness (QED) is 0.516. The number of nitrogens with zero attached hydrogens (tertiary/aromatic N) is 3. The van der Waals surface area contributed by atoms with Crippen LogP contribution in [0.5, 0.6) is 11.5 Å². The van der Waals surface area contributed by atoms with Crippen molar-refractivity contribution in [1.82, 2.24) is 25.6 Å². The van der Waals surface area contributed by atoms with Gasteiger partial charge in [-0.1, -0.05) is 17.3 Å². The van der Waals surface area contributed by atoms with Gasteiger partial charge >= 0.3 is 6.03 Å². The highest BCUT2D eigenvalue weighted by Crippen LogP contribution is 2.32. The second kappa shape index (κ2) is 7.62. The fraction of sp³-hybridized carbons (Fsp3) is 0.227. The summed E-state index contributed by atoms with van der Waals surface area (Å²) in [5, 5.41) is 15.8. The molecular formula is C22H20N6O5. The van der Waals surface area contributed by atoms with Crippen LogP contribution in [0, 0.1) is 6.92 Å². The summed E-state index contributed by atoms with van der Waals surface area (Å²) in [6.07, 6.45) is 0. The third-order valence-electron chi connectivity index (χ3n) is 5.62. The van der Waals surface area contributed by atoms with Crippen LogP contribution in [0.15, 0.2) is 42.5 Å². The molecule has 0 radical (unpaired) electrons. The van der Waals surface area contributed by atoms with E-state index in [1.807, 2.05) is 6.07 Å². The molecule has 11 heteroatoms. The molecule has 0 aliphatic carbocycles. The van der Waals surface area contributed by atoms with E-state index in [2.05, 4.69) is 26.3 Å². The van der Waals surface area contributed by atoms with Gasteiger partial charge in [0, 0.05) is 11.8 Å². The first-order valence-corrected chi connectivity index (χ1v) is 10.2. The topological polar surface area (TPSA) is 136 Å². The normalized spacial score (nSPS) is 19.1. The fourth-order valence-electron chi connectivity index (χ4n) is 3.79. The molecule has 2 aliphatic rings. The summed E-state index contributed by atoms with van der Waals surface area (Å²) in [7, 11) is 0. The number of anilines is 1. The van der Waals surface area contributed by atoms with Crippen molar-refractivity contribution < 1.29 is 23.9 Å². The Morgan fingerprint density at radius 3 is 2.67 bits per heavy atom. The molecule has 3 heterocycles. The molecule has 0 spiro atoms. The number of nitrogens with one attached hydrogen (secondary N) is 3. The molecule has 2 aromatic carbocycles. The molecule has 0 bridgehead atoms. The average molecular weight is 448 g/mol. The molecule has 0 saturated carbocycles. The molecule has 2 aliphatic heterocycles. The van der Waals surface area contributed by atoms with Crippen LogP contribution in [-0.2, 0) is 10.3 Å². The van der Waals surface area contributed by atoms with Gasteiger partial charge in [-0.25, -0.2) is 9.48 Å². The lowest BCUT2D eigenvalue weighted by atomic mass is 9.92. The minimum atomic E-state index is -1.23. The standard InChI is InChI=1S/C22H20N6O5/c1-12-18(26-27-28(12)15-6-7-16-17(11-15)33-9-8-32-16)19(29)23-14-5-3-4-13(10-14)22(2)20(30)24-21(31)25-22/h3-7,10-11H,8-9H2,1-2H3,(H,23,29)(H2,24,25,30,31). The van der Waals surface area contributed by atoms with Crippen molar-refractivity contribution in [3.05, 3.63) is 59.4 Å². The molecule has 5 rings (SSSR count). The average Bonchev–Trinajstić information content (AvgIpc) is 3.32. The fourth-order valence-corrected chi connectivity index (χ4v) is 3.79. The molecule has 168 valence electrons. The number of rotatable bonds is 4. The van der Waals surface area contributed by atoms with Crippen LogP contribution in [0.1, 0.15) is 28.7 Å². The van der Waals surface area contributed by atoms with Gasteiger partial charge in [0.2, 0.25) is 0 Å². The molecule has 11 nitrogen and oxygen atoms in total. The molecule has 1 atom stereocenters. The van der Waals surface area contributed by atoms with Crippen molar-refractivity contribution in [2.45, 2.75) is 19.4 Å². The number of amides is 4. The highest BCUT2D eigenvalue weighted by Gasteiger charge is 2.43. The summed E-state index contributed by atoms with van der Waals surface area (Å²) in [4.78, 5) is 36.7. The molecule has 3 aromatic rings. The Labute approximate surface area is 188 Å². The Bertz CT molecular complexity index is 1300. The number of hydrogen-bond acceptors (Lipinski definition) is 7. The first-order valence-electron chi connectivity index (χ1n) is 10.2. The van der Waals surface area contributed by atoms with Crippen molar-refractivity contribution in [3.8, 4) is 17.2 Å². The van der Waals surface area contributed by atoms with Crippen LogP contribution in [0.25, 0.3) is 5.69 Å². The van der Waals surface area contributed by atoms with Gasteiger partial charge in [-0.2, -0.15) is 0 Å². The molecule has 1 saturated heterocycles. The second-order valence-electron chi connectivity index (χ2n) is 7.83. The highest BCUT2D eigenvalue weighted by molar-refractivity contribution is 6.07. The third-order valence-corrected chi connectivity index (χ3v) is 5.62. The van der Waals surface area contributed by atoms with E-state index in [-0.39, 0.29) is 5.69 Å². The minimum Gasteiger partial charge on any atom is -0.486 e. The van der Waals surface area contributed by atoms with Crippen molar-refractivity contribution >= 4 is 23.5 Å². The van der Waals surface area contributed by atoms with E-state index in [9.17, 15) is 14.4 Å². The molecule has 4 amide bonds. The van der Waals surface area contributed by atoms with Gasteiger partial charge in [-0.3, -0.25) is 14.9 Å². The molecule has 33 heavy (non-hydrogen) atoms. The van der Waals surface area contributed by atoms with Gasteiger partial charge < -0.3 is 20.1 Å². The van der Waals surface area contributed by atoms with E-state index in [1.165, 1.54) is 0 Å². The Kier molecular flexibility index (Phi) is 4.73. The summed E-state index contributed by atoms with van der Waals surface area (Å²) >= 11 is 0. The predicted molar refractivity (Wildman–Crippen MR) is 116 cm³/mol. The Morgan fingerprint density at radius 2 is 1.91 bits per heavy atom. The number of fused-ring (bicyclic) bond motifs is 1. The number of ether oxygens (including phenoxy) is 2. The maximum atomic E-state index is 12.9. The summed E-state index contributed by atoms with van der Waals surface area (Å²) in [6, 6.07) is 11.5. The van der Waals surface area contributed by atoms with Gasteiger partial charge in [-0.05, 0) is 43.7 Å². The number of urea groups is 1. The first-order chi connectivity index (χ1) is 15.8. The van der Waals surface area contributed by atoms with Crippen molar-refractivity contribution in [2.24, 2.45) is 0 Å². The van der Waals surface area contributed by atoms with Crippen LogP contribution in [-0.4, -0.2) is 46.1 Å². The minimum absolute atomic E-state index is 0.147. The molecule has 1 fully saturated rings. The maximum Gasteiger partial charge on any atom is 0.322 e. The van der Waals surface area contributed by atoms with Crippen molar-refractivity contribution in [3.63, 3.8) is 0 Å².